The van der Waals surface area contributed by atoms with Crippen LogP contribution < -0.4 is 5.32 Å². The maximum atomic E-state index is 12.1. The number of non-ortho nitro benzene ring substituents is 2. The highest BCUT2D eigenvalue weighted by Crippen LogP contribution is 2.22. The van der Waals surface area contributed by atoms with Gasteiger partial charge in [0.05, 0.1) is 42.6 Å². The van der Waals surface area contributed by atoms with Gasteiger partial charge in [-0.2, -0.15) is 0 Å². The first-order chi connectivity index (χ1) is 13.5. The molecule has 29 heavy (non-hydrogen) atoms. The number of hydrogen-bond acceptors (Lipinski definition) is 7. The van der Waals surface area contributed by atoms with Crippen LogP contribution in [0, 0.1) is 20.2 Å². The van der Waals surface area contributed by atoms with E-state index in [0.29, 0.717) is 36.8 Å². The molecular weight excluding hydrogens is 384 g/mol. The van der Waals surface area contributed by atoms with Crippen LogP contribution in [0.2, 0.25) is 0 Å². The van der Waals surface area contributed by atoms with E-state index in [1.54, 1.807) is 0 Å². The quantitative estimate of drug-likeness (QED) is 0.182. The largest absolute Gasteiger partial charge is 0.460 e. The van der Waals surface area contributed by atoms with Crippen molar-refractivity contribution in [3.05, 3.63) is 44.0 Å². The molecule has 0 aromatic heterocycles. The van der Waals surface area contributed by atoms with Gasteiger partial charge >= 0.3 is 5.97 Å². The molecule has 0 aliphatic rings. The van der Waals surface area contributed by atoms with Crippen molar-refractivity contribution in [1.29, 1.82) is 0 Å². The van der Waals surface area contributed by atoms with Crippen LogP contribution in [0.1, 0.15) is 36.0 Å². The second kappa shape index (κ2) is 11.1. The van der Waals surface area contributed by atoms with Crippen LogP contribution in [0.25, 0.3) is 0 Å². The summed E-state index contributed by atoms with van der Waals surface area (Å²) in [6, 6.07) is 2.79. The number of rotatable bonds is 12. The average molecular weight is 411 g/mol. The van der Waals surface area contributed by atoms with Gasteiger partial charge in [0.2, 0.25) is 0 Å². The minimum atomic E-state index is -0.788. The molecule has 0 aliphatic heterocycles. The van der Waals surface area contributed by atoms with Crippen LogP contribution in [-0.2, 0) is 9.53 Å². The van der Waals surface area contributed by atoms with E-state index in [2.05, 4.69) is 5.32 Å². The molecule has 0 aliphatic carbocycles. The van der Waals surface area contributed by atoms with Gasteiger partial charge in [0.15, 0.2) is 0 Å². The van der Waals surface area contributed by atoms with E-state index < -0.39 is 27.1 Å². The van der Waals surface area contributed by atoms with Gasteiger partial charge in [-0.05, 0) is 12.8 Å². The zero-order valence-corrected chi connectivity index (χ0v) is 16.9. The molecule has 1 aromatic carbocycles. The zero-order valence-electron chi connectivity index (χ0n) is 16.9. The monoisotopic (exact) mass is 411 g/mol. The van der Waals surface area contributed by atoms with Crippen molar-refractivity contribution < 1.29 is 28.7 Å². The molecule has 1 N–H and O–H groups in total. The summed E-state index contributed by atoms with van der Waals surface area (Å²) in [5, 5.41) is 24.3. The summed E-state index contributed by atoms with van der Waals surface area (Å²) >= 11 is 0. The maximum Gasteiger partial charge on any atom is 0.305 e. The molecule has 1 amide bonds. The van der Waals surface area contributed by atoms with Gasteiger partial charge in [-0.15, -0.1) is 0 Å². The molecule has 0 atom stereocenters. The van der Waals surface area contributed by atoms with E-state index in [-0.39, 0.29) is 18.1 Å². The van der Waals surface area contributed by atoms with Crippen molar-refractivity contribution in [2.24, 2.45) is 0 Å². The van der Waals surface area contributed by atoms with Crippen LogP contribution in [-0.4, -0.2) is 67.0 Å². The fourth-order valence-electron chi connectivity index (χ4n) is 2.32. The van der Waals surface area contributed by atoms with Crippen molar-refractivity contribution in [1.82, 2.24) is 5.32 Å². The Balaban J connectivity index is 2.35. The van der Waals surface area contributed by atoms with Crippen LogP contribution >= 0.6 is 0 Å². The summed E-state index contributed by atoms with van der Waals surface area (Å²) in [5.41, 5.74) is -1.19. The lowest BCUT2D eigenvalue weighted by molar-refractivity contribution is -0.870. The molecule has 0 unspecified atom stereocenters. The second-order valence-corrected chi connectivity index (χ2v) is 7.55. The summed E-state index contributed by atoms with van der Waals surface area (Å²) in [6.45, 7) is 1.38. The topological polar surface area (TPSA) is 142 Å². The number of likely N-dealkylation sites (N-methyl/N-ethyl adjacent to an activating group) is 1. The van der Waals surface area contributed by atoms with E-state index in [9.17, 15) is 29.8 Å². The third-order valence-corrected chi connectivity index (χ3v) is 3.95. The lowest BCUT2D eigenvalue weighted by Gasteiger charge is -2.23. The van der Waals surface area contributed by atoms with E-state index >= 15 is 0 Å². The van der Waals surface area contributed by atoms with Crippen LogP contribution in [0.5, 0.6) is 0 Å². The number of nitro groups is 2. The van der Waals surface area contributed by atoms with Crippen molar-refractivity contribution in [3.63, 3.8) is 0 Å². The average Bonchev–Trinajstić information content (AvgIpc) is 2.62. The number of quaternary nitrogens is 1. The normalized spacial score (nSPS) is 11.0. The number of amides is 1. The third-order valence-electron chi connectivity index (χ3n) is 3.95. The molecule has 0 saturated heterocycles. The molecular formula is C18H27N4O7+. The van der Waals surface area contributed by atoms with Gasteiger partial charge in [-0.3, -0.25) is 29.8 Å². The summed E-state index contributed by atoms with van der Waals surface area (Å²) in [7, 11) is 6.02. The number of nitrogens with one attached hydrogen (secondary N) is 1. The highest BCUT2D eigenvalue weighted by Gasteiger charge is 2.19. The zero-order chi connectivity index (χ0) is 22.0. The van der Waals surface area contributed by atoms with E-state index in [4.69, 9.17) is 4.74 Å². The van der Waals surface area contributed by atoms with Gasteiger partial charge in [-0.1, -0.05) is 6.42 Å². The molecule has 0 bridgehead atoms. The number of nitrogens with zero attached hydrogens (tertiary/aromatic N) is 3. The Hall–Kier alpha value is -3.08. The smallest absolute Gasteiger partial charge is 0.305 e. The molecule has 0 heterocycles. The third kappa shape index (κ3) is 9.60. The Morgan fingerprint density at radius 2 is 1.59 bits per heavy atom. The Bertz CT molecular complexity index is 727. The number of ether oxygens (including phenoxy) is 1. The summed E-state index contributed by atoms with van der Waals surface area (Å²) in [4.78, 5) is 43.9. The molecule has 0 saturated carbocycles. The van der Waals surface area contributed by atoms with Crippen LogP contribution in [0.15, 0.2) is 18.2 Å². The lowest BCUT2D eigenvalue weighted by Crippen LogP contribution is -2.38. The van der Waals surface area contributed by atoms with Crippen LogP contribution in [0.4, 0.5) is 11.4 Å². The van der Waals surface area contributed by atoms with Crippen molar-refractivity contribution in [3.8, 4) is 0 Å². The minimum Gasteiger partial charge on any atom is -0.460 e. The predicted octanol–water partition coefficient (Wildman–Crippen LogP) is 2.04. The number of unbranched alkanes of at least 4 members (excludes halogenated alkanes) is 2. The molecule has 1 aromatic rings. The van der Waals surface area contributed by atoms with Gasteiger partial charge < -0.3 is 14.5 Å². The highest BCUT2D eigenvalue weighted by atomic mass is 16.6. The lowest BCUT2D eigenvalue weighted by atomic mass is 10.1. The second-order valence-electron chi connectivity index (χ2n) is 7.55. The molecule has 160 valence electrons. The van der Waals surface area contributed by atoms with Gasteiger partial charge in [-0.25, -0.2) is 0 Å². The molecule has 11 nitrogen and oxygen atoms in total. The number of hydrogen-bond donors (Lipinski definition) is 1. The summed E-state index contributed by atoms with van der Waals surface area (Å²) in [6.07, 6.45) is 2.18. The highest BCUT2D eigenvalue weighted by molar-refractivity contribution is 5.95. The Labute approximate surface area is 168 Å². The summed E-state index contributed by atoms with van der Waals surface area (Å²) in [5.74, 6) is -0.886. The Kier molecular flexibility index (Phi) is 9.13. The first-order valence-corrected chi connectivity index (χ1v) is 9.18. The first kappa shape index (κ1) is 24.0. The maximum absolute atomic E-state index is 12.1. The van der Waals surface area contributed by atoms with Gasteiger partial charge in [0, 0.05) is 25.1 Å². The van der Waals surface area contributed by atoms with E-state index in [1.165, 1.54) is 0 Å². The van der Waals surface area contributed by atoms with E-state index in [1.807, 2.05) is 21.1 Å². The standard InChI is InChI=1S/C18H26N4O7/c1-22(2,3)9-10-29-17(23)7-5-4-6-8-19-18(24)14-11-15(20(25)26)13-16(12-14)21(27)28/h11-13H,4-10H2,1-3H3/p+1. The number of carbonyl (C=O) groups is 2. The van der Waals surface area contributed by atoms with E-state index in [0.717, 1.165) is 24.7 Å². The Morgan fingerprint density at radius 3 is 2.10 bits per heavy atom. The molecule has 0 spiro atoms. The molecule has 0 radical (unpaired) electrons. The molecule has 0 fully saturated rings. The van der Waals surface area contributed by atoms with Crippen LogP contribution in [0.3, 0.4) is 0 Å². The van der Waals surface area contributed by atoms with Crippen molar-refractivity contribution >= 4 is 23.3 Å². The number of carbonyl (C=O) groups excluding carboxylic acids is 2. The van der Waals surface area contributed by atoms with Crippen molar-refractivity contribution in [2.75, 3.05) is 40.8 Å². The number of benzene rings is 1. The minimum absolute atomic E-state index is 0.147. The SMILES string of the molecule is C[N+](C)(C)CCOC(=O)CCCCCNC(=O)c1cc([N+](=O)[O-])cc([N+](=O)[O-])c1. The fraction of sp³-hybridized carbons (Fsp3) is 0.556. The predicted molar refractivity (Wildman–Crippen MR) is 104 cm³/mol. The van der Waals surface area contributed by atoms with Gasteiger partial charge in [0.1, 0.15) is 13.2 Å². The fourth-order valence-corrected chi connectivity index (χ4v) is 2.32. The molecule has 1 rings (SSSR count). The molecule has 11 heteroatoms. The van der Waals surface area contributed by atoms with Crippen molar-refractivity contribution in [2.45, 2.75) is 25.7 Å². The first-order valence-electron chi connectivity index (χ1n) is 9.18. The number of esters is 1. The summed E-state index contributed by atoms with van der Waals surface area (Å²) < 4.78 is 5.86. The van der Waals surface area contributed by atoms with Gasteiger partial charge in [0.25, 0.3) is 17.3 Å². The number of nitro benzene ring substituents is 2. The Morgan fingerprint density at radius 1 is 1.00 bits per heavy atom.